The van der Waals surface area contributed by atoms with E-state index < -0.39 is 0 Å². The van der Waals surface area contributed by atoms with Gasteiger partial charge < -0.3 is 4.90 Å². The van der Waals surface area contributed by atoms with Gasteiger partial charge >= 0.3 is 0 Å². The number of hydrogen-bond donors (Lipinski definition) is 0. The molecule has 0 saturated heterocycles. The largest absolute Gasteiger partial charge is 0.324 e. The highest BCUT2D eigenvalue weighted by Gasteiger charge is 2.34. The van der Waals surface area contributed by atoms with Crippen molar-refractivity contribution in [2.24, 2.45) is 0 Å². The molecule has 2 aliphatic heterocycles. The maximum Gasteiger partial charge on any atom is 0.261 e. The van der Waals surface area contributed by atoms with Crippen LogP contribution in [-0.2, 0) is 0 Å². The fourth-order valence-electron chi connectivity index (χ4n) is 3.90. The van der Waals surface area contributed by atoms with Crippen molar-refractivity contribution in [3.8, 4) is 0 Å². The summed E-state index contributed by atoms with van der Waals surface area (Å²) in [4.78, 5) is 35.4. The standard InChI is InChI=1S/C23H18ClN3O2S/c24-15-9-10-18-20(14-15)30-19-8-5-11-25-21(19)26(18)12-3-4-13-27-22(28)16-6-1-2-7-17(16)23(27)29/h1-2,5-11,14H,3-4,12-13H2. The van der Waals surface area contributed by atoms with E-state index in [0.717, 1.165) is 40.7 Å². The number of carbonyl (C=O) groups is 2. The minimum absolute atomic E-state index is 0.197. The van der Waals surface area contributed by atoms with Crippen LogP contribution in [0.3, 0.4) is 0 Å². The topological polar surface area (TPSA) is 53.5 Å². The SMILES string of the molecule is O=C1c2ccccc2C(=O)N1CCCCN1c2ccc(Cl)cc2Sc2cccnc21. The Bertz CT molecular complexity index is 1130. The lowest BCUT2D eigenvalue weighted by Crippen LogP contribution is -2.31. The lowest BCUT2D eigenvalue weighted by atomic mass is 10.1. The van der Waals surface area contributed by atoms with Gasteiger partial charge in [-0.25, -0.2) is 4.98 Å². The fourth-order valence-corrected chi connectivity index (χ4v) is 5.24. The highest BCUT2D eigenvalue weighted by molar-refractivity contribution is 7.99. The first-order chi connectivity index (χ1) is 14.6. The Morgan fingerprint density at radius 2 is 1.53 bits per heavy atom. The Labute approximate surface area is 183 Å². The third-order valence-corrected chi connectivity index (χ3v) is 6.65. The summed E-state index contributed by atoms with van der Waals surface area (Å²) in [5, 5.41) is 0.708. The molecule has 0 radical (unpaired) electrons. The molecule has 0 saturated carbocycles. The van der Waals surface area contributed by atoms with Crippen LogP contribution in [0, 0.1) is 0 Å². The third-order valence-electron chi connectivity index (χ3n) is 5.33. The molecule has 0 spiro atoms. The number of halogens is 1. The van der Waals surface area contributed by atoms with Crippen molar-refractivity contribution >= 4 is 46.7 Å². The Morgan fingerprint density at radius 3 is 2.27 bits per heavy atom. The molecule has 30 heavy (non-hydrogen) atoms. The normalized spacial score (nSPS) is 14.6. The number of imide groups is 1. The number of unbranched alkanes of at least 4 members (excludes halogenated alkanes) is 1. The number of amides is 2. The van der Waals surface area contributed by atoms with Gasteiger partial charge in [0.1, 0.15) is 5.82 Å². The van der Waals surface area contributed by atoms with Crippen LogP contribution in [0.5, 0.6) is 0 Å². The Kier molecular flexibility index (Phi) is 4.97. The molecule has 1 aromatic heterocycles. The molecule has 2 amide bonds. The Morgan fingerprint density at radius 1 is 0.833 bits per heavy atom. The van der Waals surface area contributed by atoms with Crippen LogP contribution < -0.4 is 4.90 Å². The molecule has 0 N–H and O–H groups in total. The zero-order valence-corrected chi connectivity index (χ0v) is 17.6. The highest BCUT2D eigenvalue weighted by Crippen LogP contribution is 2.47. The molecule has 3 heterocycles. The van der Waals surface area contributed by atoms with Crippen molar-refractivity contribution in [3.63, 3.8) is 0 Å². The van der Waals surface area contributed by atoms with Crippen LogP contribution in [0.1, 0.15) is 33.6 Å². The van der Waals surface area contributed by atoms with E-state index in [2.05, 4.69) is 16.0 Å². The lowest BCUT2D eigenvalue weighted by molar-refractivity contribution is 0.0652. The van der Waals surface area contributed by atoms with Crippen LogP contribution in [0.15, 0.2) is 70.6 Å². The Balaban J connectivity index is 1.29. The highest BCUT2D eigenvalue weighted by atomic mass is 35.5. The van der Waals surface area contributed by atoms with Gasteiger partial charge in [-0.2, -0.15) is 0 Å². The third kappa shape index (κ3) is 3.26. The smallest absolute Gasteiger partial charge is 0.261 e. The van der Waals surface area contributed by atoms with Gasteiger partial charge in [0, 0.05) is 29.2 Å². The van der Waals surface area contributed by atoms with Gasteiger partial charge in [-0.15, -0.1) is 0 Å². The first-order valence-electron chi connectivity index (χ1n) is 9.78. The van der Waals surface area contributed by atoms with Gasteiger partial charge in [-0.3, -0.25) is 14.5 Å². The molecule has 2 aliphatic rings. The van der Waals surface area contributed by atoms with E-state index in [9.17, 15) is 9.59 Å². The van der Waals surface area contributed by atoms with Crippen molar-refractivity contribution in [1.29, 1.82) is 0 Å². The van der Waals surface area contributed by atoms with E-state index >= 15 is 0 Å². The summed E-state index contributed by atoms with van der Waals surface area (Å²) in [5.41, 5.74) is 2.08. The fraction of sp³-hybridized carbons (Fsp3) is 0.174. The first-order valence-corrected chi connectivity index (χ1v) is 11.0. The maximum absolute atomic E-state index is 12.5. The second kappa shape index (κ2) is 7.78. The molecule has 150 valence electrons. The predicted octanol–water partition coefficient (Wildman–Crippen LogP) is 5.41. The van der Waals surface area contributed by atoms with Gasteiger partial charge in [-0.1, -0.05) is 35.5 Å². The van der Waals surface area contributed by atoms with Crippen LogP contribution in [-0.4, -0.2) is 34.8 Å². The van der Waals surface area contributed by atoms with Crippen molar-refractivity contribution in [3.05, 3.63) is 76.9 Å². The van der Waals surface area contributed by atoms with E-state index in [0.29, 0.717) is 22.7 Å². The summed E-state index contributed by atoms with van der Waals surface area (Å²) < 4.78 is 0. The average molecular weight is 436 g/mol. The quantitative estimate of drug-likeness (QED) is 0.396. The number of fused-ring (bicyclic) bond motifs is 3. The first kappa shape index (κ1) is 19.2. The maximum atomic E-state index is 12.5. The van der Waals surface area contributed by atoms with Gasteiger partial charge in [0.05, 0.1) is 21.7 Å². The van der Waals surface area contributed by atoms with Crippen LogP contribution in [0.2, 0.25) is 5.02 Å². The zero-order valence-electron chi connectivity index (χ0n) is 16.0. The summed E-state index contributed by atoms with van der Waals surface area (Å²) in [6.45, 7) is 1.15. The van der Waals surface area contributed by atoms with Crippen molar-refractivity contribution in [1.82, 2.24) is 9.88 Å². The number of nitrogens with zero attached hydrogens (tertiary/aromatic N) is 3. The summed E-state index contributed by atoms with van der Waals surface area (Å²) in [6.07, 6.45) is 3.34. The van der Waals surface area contributed by atoms with Crippen LogP contribution in [0.4, 0.5) is 11.5 Å². The average Bonchev–Trinajstić information content (AvgIpc) is 3.00. The van der Waals surface area contributed by atoms with Gasteiger partial charge in [0.15, 0.2) is 0 Å². The molecule has 0 bridgehead atoms. The number of aromatic nitrogens is 1. The molecular weight excluding hydrogens is 418 g/mol. The van der Waals surface area contributed by atoms with E-state index in [-0.39, 0.29) is 11.8 Å². The number of rotatable bonds is 5. The number of carbonyl (C=O) groups excluding carboxylic acids is 2. The number of pyridine rings is 1. The van der Waals surface area contributed by atoms with Gasteiger partial charge in [0.2, 0.25) is 0 Å². The van der Waals surface area contributed by atoms with E-state index in [1.54, 1.807) is 42.2 Å². The van der Waals surface area contributed by atoms with Crippen LogP contribution in [0.25, 0.3) is 0 Å². The van der Waals surface area contributed by atoms with Crippen molar-refractivity contribution < 1.29 is 9.59 Å². The van der Waals surface area contributed by atoms with Crippen molar-refractivity contribution in [2.45, 2.75) is 22.6 Å². The molecule has 5 nitrogen and oxygen atoms in total. The van der Waals surface area contributed by atoms with Crippen LogP contribution >= 0.6 is 23.4 Å². The number of hydrogen-bond acceptors (Lipinski definition) is 5. The molecule has 2 aromatic carbocycles. The molecule has 0 fully saturated rings. The number of anilines is 2. The Hall–Kier alpha value is -2.83. The molecule has 3 aromatic rings. The van der Waals surface area contributed by atoms with Crippen molar-refractivity contribution in [2.75, 3.05) is 18.0 Å². The molecule has 0 unspecified atom stereocenters. The molecule has 0 atom stereocenters. The summed E-state index contributed by atoms with van der Waals surface area (Å²) >= 11 is 7.87. The van der Waals surface area contributed by atoms with E-state index in [1.807, 2.05) is 24.3 Å². The van der Waals surface area contributed by atoms with E-state index in [4.69, 9.17) is 11.6 Å². The monoisotopic (exact) mass is 435 g/mol. The minimum Gasteiger partial charge on any atom is -0.324 e. The zero-order chi connectivity index (χ0) is 20.7. The molecule has 0 aliphatic carbocycles. The molecule has 7 heteroatoms. The summed E-state index contributed by atoms with van der Waals surface area (Å²) in [7, 11) is 0. The second-order valence-electron chi connectivity index (χ2n) is 7.21. The number of benzene rings is 2. The molecule has 5 rings (SSSR count). The minimum atomic E-state index is -0.197. The predicted molar refractivity (Wildman–Crippen MR) is 118 cm³/mol. The summed E-state index contributed by atoms with van der Waals surface area (Å²) in [5.74, 6) is 0.534. The van der Waals surface area contributed by atoms with Gasteiger partial charge in [0.25, 0.3) is 11.8 Å². The van der Waals surface area contributed by atoms with E-state index in [1.165, 1.54) is 4.90 Å². The molecular formula is C23H18ClN3O2S. The lowest BCUT2D eigenvalue weighted by Gasteiger charge is -2.31. The van der Waals surface area contributed by atoms with Gasteiger partial charge in [-0.05, 0) is 55.3 Å². The second-order valence-corrected chi connectivity index (χ2v) is 8.73. The summed E-state index contributed by atoms with van der Waals surface area (Å²) in [6, 6.07) is 16.9.